The van der Waals surface area contributed by atoms with Crippen LogP contribution in [0.15, 0.2) is 53.5 Å². The molecule has 1 aliphatic rings. The van der Waals surface area contributed by atoms with Crippen LogP contribution < -0.4 is 10.9 Å². The Labute approximate surface area is 168 Å². The number of urea groups is 1. The highest BCUT2D eigenvalue weighted by atomic mass is 16.2. The molecule has 1 atom stereocenters. The van der Waals surface area contributed by atoms with E-state index in [1.54, 1.807) is 12.3 Å². The molecule has 1 unspecified atom stereocenters. The Kier molecular flexibility index (Phi) is 5.53. The molecule has 1 aliphatic heterocycles. The van der Waals surface area contributed by atoms with Gasteiger partial charge in [-0.3, -0.25) is 14.7 Å². The summed E-state index contributed by atoms with van der Waals surface area (Å²) in [4.78, 5) is 40.5. The van der Waals surface area contributed by atoms with Crippen LogP contribution in [0.5, 0.6) is 0 Å². The Hall–Kier alpha value is -3.26. The number of aromatic amines is 1. The van der Waals surface area contributed by atoms with E-state index in [-0.39, 0.29) is 17.6 Å². The van der Waals surface area contributed by atoms with Gasteiger partial charge in [0.1, 0.15) is 5.82 Å². The zero-order valence-electron chi connectivity index (χ0n) is 16.3. The number of para-hydroxylation sites is 1. The maximum atomic E-state index is 12.5. The summed E-state index contributed by atoms with van der Waals surface area (Å²) in [5.41, 5.74) is 1.42. The lowest BCUT2D eigenvalue weighted by Crippen LogP contribution is -2.52. The van der Waals surface area contributed by atoms with Crippen LogP contribution in [0.3, 0.4) is 0 Å². The van der Waals surface area contributed by atoms with Crippen molar-refractivity contribution >= 4 is 16.9 Å². The van der Waals surface area contributed by atoms with E-state index in [4.69, 9.17) is 0 Å². The number of pyridine rings is 1. The second kappa shape index (κ2) is 8.40. The van der Waals surface area contributed by atoms with Crippen molar-refractivity contribution < 1.29 is 4.79 Å². The zero-order valence-corrected chi connectivity index (χ0v) is 16.3. The maximum Gasteiger partial charge on any atom is 0.318 e. The van der Waals surface area contributed by atoms with Crippen molar-refractivity contribution in [2.24, 2.45) is 0 Å². The maximum absolute atomic E-state index is 12.5. The predicted molar refractivity (Wildman–Crippen MR) is 110 cm³/mol. The lowest BCUT2D eigenvalue weighted by molar-refractivity contribution is 0.132. The number of carbonyl (C=O) groups is 1. The normalized spacial score (nSPS) is 16.0. The fourth-order valence-corrected chi connectivity index (χ4v) is 3.51. The molecule has 29 heavy (non-hydrogen) atoms. The topological polar surface area (TPSA) is 94.2 Å². The van der Waals surface area contributed by atoms with Crippen molar-refractivity contribution in [2.45, 2.75) is 19.5 Å². The van der Waals surface area contributed by atoms with Gasteiger partial charge in [0.25, 0.3) is 5.56 Å². The number of rotatable bonds is 4. The molecule has 3 aromatic rings. The minimum Gasteiger partial charge on any atom is -0.330 e. The van der Waals surface area contributed by atoms with Gasteiger partial charge in [0.05, 0.1) is 29.2 Å². The van der Waals surface area contributed by atoms with Crippen LogP contribution in [-0.2, 0) is 6.54 Å². The predicted octanol–water partition coefficient (Wildman–Crippen LogP) is 1.91. The number of aromatic nitrogens is 3. The monoisotopic (exact) mass is 392 g/mol. The molecule has 0 bridgehead atoms. The molecular weight excluding hydrogens is 368 g/mol. The standard InChI is InChI=1S/C21H24N6O2/c1-15(17-7-4-5-9-22-17)23-21(29)27-12-10-26(11-13-27)14-19-24-18-8-3-2-6-16(18)20(28)25-19/h2-9,15H,10-14H2,1H3,(H,23,29)(H,24,25,28). The first-order chi connectivity index (χ1) is 14.1. The second-order valence-electron chi connectivity index (χ2n) is 7.22. The third-order valence-corrected chi connectivity index (χ3v) is 5.17. The van der Waals surface area contributed by atoms with Crippen LogP contribution in [0, 0.1) is 0 Å². The second-order valence-corrected chi connectivity index (χ2v) is 7.22. The summed E-state index contributed by atoms with van der Waals surface area (Å²) in [5.74, 6) is 0.648. The largest absolute Gasteiger partial charge is 0.330 e. The molecule has 0 aliphatic carbocycles. The van der Waals surface area contributed by atoms with E-state index in [2.05, 4.69) is 25.2 Å². The molecule has 2 N–H and O–H groups in total. The van der Waals surface area contributed by atoms with Crippen LogP contribution in [0.4, 0.5) is 4.79 Å². The van der Waals surface area contributed by atoms with Gasteiger partial charge in [0, 0.05) is 32.4 Å². The van der Waals surface area contributed by atoms with Gasteiger partial charge < -0.3 is 15.2 Å². The van der Waals surface area contributed by atoms with E-state index in [0.29, 0.717) is 36.4 Å². The van der Waals surface area contributed by atoms with Crippen LogP contribution in [-0.4, -0.2) is 57.0 Å². The molecule has 2 amide bonds. The van der Waals surface area contributed by atoms with Gasteiger partial charge in [0.2, 0.25) is 0 Å². The molecule has 1 aromatic carbocycles. The molecule has 2 aromatic heterocycles. The molecule has 0 spiro atoms. The van der Waals surface area contributed by atoms with E-state index in [1.165, 1.54) is 0 Å². The highest BCUT2D eigenvalue weighted by Gasteiger charge is 2.23. The first-order valence-corrected chi connectivity index (χ1v) is 9.77. The highest BCUT2D eigenvalue weighted by molar-refractivity contribution is 5.77. The molecule has 8 heteroatoms. The summed E-state index contributed by atoms with van der Waals surface area (Å²) < 4.78 is 0. The van der Waals surface area contributed by atoms with E-state index in [1.807, 2.05) is 48.2 Å². The summed E-state index contributed by atoms with van der Waals surface area (Å²) in [6, 6.07) is 12.8. The van der Waals surface area contributed by atoms with Crippen molar-refractivity contribution in [3.63, 3.8) is 0 Å². The summed E-state index contributed by atoms with van der Waals surface area (Å²) in [6.45, 7) is 5.18. The lowest BCUT2D eigenvalue weighted by atomic mass is 10.2. The number of H-pyrrole nitrogens is 1. The summed E-state index contributed by atoms with van der Waals surface area (Å²) in [6.07, 6.45) is 1.72. The fraction of sp³-hybridized carbons (Fsp3) is 0.333. The summed E-state index contributed by atoms with van der Waals surface area (Å²) in [5, 5.41) is 3.60. The minimum absolute atomic E-state index is 0.0833. The van der Waals surface area contributed by atoms with Gasteiger partial charge in [-0.2, -0.15) is 0 Å². The number of fused-ring (bicyclic) bond motifs is 1. The first kappa shape index (κ1) is 19.1. The van der Waals surface area contributed by atoms with Crippen molar-refractivity contribution in [1.82, 2.24) is 30.1 Å². The van der Waals surface area contributed by atoms with Gasteiger partial charge >= 0.3 is 6.03 Å². The molecule has 150 valence electrons. The van der Waals surface area contributed by atoms with Gasteiger partial charge in [0.15, 0.2) is 0 Å². The molecule has 3 heterocycles. The number of piperazine rings is 1. The van der Waals surface area contributed by atoms with Gasteiger partial charge in [-0.25, -0.2) is 9.78 Å². The van der Waals surface area contributed by atoms with Crippen molar-refractivity contribution in [3.05, 3.63) is 70.5 Å². The van der Waals surface area contributed by atoms with Crippen LogP contribution in [0.25, 0.3) is 10.9 Å². The lowest BCUT2D eigenvalue weighted by Gasteiger charge is -2.35. The molecular formula is C21H24N6O2. The van der Waals surface area contributed by atoms with Crippen LogP contribution in [0.1, 0.15) is 24.5 Å². The van der Waals surface area contributed by atoms with Crippen molar-refractivity contribution in [1.29, 1.82) is 0 Å². The highest BCUT2D eigenvalue weighted by Crippen LogP contribution is 2.11. The molecule has 4 rings (SSSR count). The number of carbonyl (C=O) groups excluding carboxylic acids is 1. The van der Waals surface area contributed by atoms with Crippen LogP contribution in [0.2, 0.25) is 0 Å². The Morgan fingerprint density at radius 3 is 2.66 bits per heavy atom. The van der Waals surface area contributed by atoms with Crippen molar-refractivity contribution in [2.75, 3.05) is 26.2 Å². The number of nitrogens with one attached hydrogen (secondary N) is 2. The number of hydrogen-bond acceptors (Lipinski definition) is 5. The minimum atomic E-state index is -0.145. The van der Waals surface area contributed by atoms with E-state index in [0.717, 1.165) is 18.8 Å². The average Bonchev–Trinajstić information content (AvgIpc) is 2.75. The van der Waals surface area contributed by atoms with E-state index in [9.17, 15) is 9.59 Å². The Morgan fingerprint density at radius 1 is 1.14 bits per heavy atom. The van der Waals surface area contributed by atoms with E-state index < -0.39 is 0 Å². The number of benzene rings is 1. The molecule has 0 radical (unpaired) electrons. The fourth-order valence-electron chi connectivity index (χ4n) is 3.51. The third kappa shape index (κ3) is 4.43. The zero-order chi connectivity index (χ0) is 20.2. The Morgan fingerprint density at radius 2 is 1.90 bits per heavy atom. The number of nitrogens with zero attached hydrogens (tertiary/aromatic N) is 4. The molecule has 0 saturated carbocycles. The third-order valence-electron chi connectivity index (χ3n) is 5.17. The Bertz CT molecular complexity index is 1040. The molecule has 1 saturated heterocycles. The van der Waals surface area contributed by atoms with E-state index >= 15 is 0 Å². The molecule has 8 nitrogen and oxygen atoms in total. The smallest absolute Gasteiger partial charge is 0.318 e. The SMILES string of the molecule is CC(NC(=O)N1CCN(Cc2nc3ccccc3c(=O)[nH]2)CC1)c1ccccn1. The number of hydrogen-bond donors (Lipinski definition) is 2. The molecule has 1 fully saturated rings. The van der Waals surface area contributed by atoms with Crippen molar-refractivity contribution in [3.8, 4) is 0 Å². The summed E-state index contributed by atoms with van der Waals surface area (Å²) in [7, 11) is 0. The summed E-state index contributed by atoms with van der Waals surface area (Å²) >= 11 is 0. The first-order valence-electron chi connectivity index (χ1n) is 9.77. The quantitative estimate of drug-likeness (QED) is 0.707. The Balaban J connectivity index is 1.32. The average molecular weight is 392 g/mol. The van der Waals surface area contributed by atoms with Gasteiger partial charge in [-0.05, 0) is 31.2 Å². The van der Waals surface area contributed by atoms with Gasteiger partial charge in [-0.1, -0.05) is 18.2 Å². The number of amides is 2. The van der Waals surface area contributed by atoms with Crippen LogP contribution >= 0.6 is 0 Å². The van der Waals surface area contributed by atoms with Gasteiger partial charge in [-0.15, -0.1) is 0 Å².